The molecule has 1 atom stereocenters. The van der Waals surface area contributed by atoms with Gasteiger partial charge in [-0.25, -0.2) is 0 Å². The molecule has 2 heteroatoms. The topological polar surface area (TPSA) is 29.3 Å². The summed E-state index contributed by atoms with van der Waals surface area (Å²) in [5.41, 5.74) is 6.07. The van der Waals surface area contributed by atoms with E-state index < -0.39 is 0 Å². The predicted molar refractivity (Wildman–Crippen MR) is 67.3 cm³/mol. The molecule has 0 aromatic carbocycles. The van der Waals surface area contributed by atoms with Crippen molar-refractivity contribution < 1.29 is 0 Å². The molecule has 0 radical (unpaired) electrons. The fourth-order valence-electron chi connectivity index (χ4n) is 3.50. The molecule has 0 saturated heterocycles. The van der Waals surface area contributed by atoms with Gasteiger partial charge in [-0.15, -0.1) is 0 Å². The summed E-state index contributed by atoms with van der Waals surface area (Å²) in [6, 6.07) is 1.63. The van der Waals surface area contributed by atoms with Crippen molar-refractivity contribution >= 4 is 0 Å². The monoisotopic (exact) mass is 222 g/mol. The van der Waals surface area contributed by atoms with Crippen molar-refractivity contribution in [2.24, 2.45) is 17.6 Å². The van der Waals surface area contributed by atoms with Gasteiger partial charge >= 0.3 is 0 Å². The van der Waals surface area contributed by atoms with Crippen LogP contribution in [0.1, 0.15) is 51.4 Å². The molecule has 3 fully saturated rings. The minimum atomic E-state index is 0.718. The van der Waals surface area contributed by atoms with Crippen molar-refractivity contribution in [2.75, 3.05) is 13.1 Å². The molecule has 3 saturated carbocycles. The average molecular weight is 222 g/mol. The second kappa shape index (κ2) is 4.66. The molecule has 2 nitrogen and oxygen atoms in total. The van der Waals surface area contributed by atoms with E-state index in [0.717, 1.165) is 30.5 Å². The van der Waals surface area contributed by atoms with Gasteiger partial charge in [0, 0.05) is 25.2 Å². The Morgan fingerprint density at radius 2 is 1.69 bits per heavy atom. The Morgan fingerprint density at radius 3 is 2.19 bits per heavy atom. The van der Waals surface area contributed by atoms with Gasteiger partial charge in [-0.3, -0.25) is 4.90 Å². The van der Waals surface area contributed by atoms with Crippen LogP contribution in [0.4, 0.5) is 0 Å². The summed E-state index contributed by atoms with van der Waals surface area (Å²) in [5.74, 6) is 1.94. The molecule has 0 bridgehead atoms. The Morgan fingerprint density at radius 1 is 1.00 bits per heavy atom. The number of hydrogen-bond acceptors (Lipinski definition) is 2. The lowest BCUT2D eigenvalue weighted by Gasteiger charge is -2.35. The van der Waals surface area contributed by atoms with E-state index in [-0.39, 0.29) is 0 Å². The van der Waals surface area contributed by atoms with Gasteiger partial charge in [-0.2, -0.15) is 0 Å². The molecule has 0 aliphatic heterocycles. The van der Waals surface area contributed by atoms with Crippen LogP contribution >= 0.6 is 0 Å². The zero-order valence-electron chi connectivity index (χ0n) is 10.4. The summed E-state index contributed by atoms with van der Waals surface area (Å²) in [7, 11) is 0. The van der Waals surface area contributed by atoms with Gasteiger partial charge in [-0.1, -0.05) is 12.8 Å². The highest BCUT2D eigenvalue weighted by Gasteiger charge is 2.40. The van der Waals surface area contributed by atoms with Crippen LogP contribution in [0, 0.1) is 11.8 Å². The predicted octanol–water partition coefficient (Wildman–Crippen LogP) is 2.38. The van der Waals surface area contributed by atoms with Crippen LogP contribution in [-0.4, -0.2) is 30.1 Å². The highest BCUT2D eigenvalue weighted by atomic mass is 15.2. The van der Waals surface area contributed by atoms with Crippen LogP contribution in [0.25, 0.3) is 0 Å². The number of nitrogens with zero attached hydrogens (tertiary/aromatic N) is 1. The Bertz CT molecular complexity index is 227. The van der Waals surface area contributed by atoms with Crippen LogP contribution < -0.4 is 5.73 Å². The highest BCUT2D eigenvalue weighted by molar-refractivity contribution is 4.95. The minimum Gasteiger partial charge on any atom is -0.329 e. The molecule has 0 aromatic rings. The van der Waals surface area contributed by atoms with E-state index in [1.54, 1.807) is 0 Å². The maximum Gasteiger partial charge on any atom is 0.0249 e. The highest BCUT2D eigenvalue weighted by Crippen LogP contribution is 2.39. The molecule has 0 aromatic heterocycles. The lowest BCUT2D eigenvalue weighted by Crippen LogP contribution is -2.47. The molecule has 16 heavy (non-hydrogen) atoms. The van der Waals surface area contributed by atoms with Crippen LogP contribution in [0.15, 0.2) is 0 Å². The smallest absolute Gasteiger partial charge is 0.0249 e. The Hall–Kier alpha value is -0.0800. The van der Waals surface area contributed by atoms with Crippen molar-refractivity contribution in [3.05, 3.63) is 0 Å². The molecule has 3 aliphatic carbocycles. The third kappa shape index (κ3) is 2.43. The molecule has 0 spiro atoms. The zero-order valence-corrected chi connectivity index (χ0v) is 10.4. The Kier molecular flexibility index (Phi) is 3.21. The lowest BCUT2D eigenvalue weighted by molar-refractivity contribution is 0.132. The van der Waals surface area contributed by atoms with Crippen molar-refractivity contribution in [1.82, 2.24) is 4.90 Å². The summed E-state index contributed by atoms with van der Waals surface area (Å²) >= 11 is 0. The van der Waals surface area contributed by atoms with E-state index in [9.17, 15) is 0 Å². The van der Waals surface area contributed by atoms with E-state index in [4.69, 9.17) is 5.73 Å². The maximum absolute atomic E-state index is 6.07. The second-order valence-corrected chi connectivity index (χ2v) is 6.22. The molecule has 1 unspecified atom stereocenters. The molecule has 2 N–H and O–H groups in total. The van der Waals surface area contributed by atoms with E-state index in [1.165, 1.54) is 57.9 Å². The number of nitrogens with two attached hydrogens (primary N) is 1. The van der Waals surface area contributed by atoms with Crippen LogP contribution in [0.3, 0.4) is 0 Å². The van der Waals surface area contributed by atoms with Gasteiger partial charge in [0.15, 0.2) is 0 Å². The van der Waals surface area contributed by atoms with Crippen molar-refractivity contribution in [3.63, 3.8) is 0 Å². The van der Waals surface area contributed by atoms with E-state index in [2.05, 4.69) is 4.90 Å². The lowest BCUT2D eigenvalue weighted by atomic mass is 9.96. The van der Waals surface area contributed by atoms with Gasteiger partial charge in [-0.05, 0) is 50.4 Å². The summed E-state index contributed by atoms with van der Waals surface area (Å²) in [5, 5.41) is 0. The molecular formula is C14H26N2. The summed E-state index contributed by atoms with van der Waals surface area (Å²) in [4.78, 5) is 2.81. The standard InChI is InChI=1S/C14H26N2/c15-9-14(12-3-1-2-4-12)16(13-7-8-13)10-11-5-6-11/h11-14H,1-10,15H2. The van der Waals surface area contributed by atoms with Crippen LogP contribution in [-0.2, 0) is 0 Å². The normalized spacial score (nSPS) is 28.9. The SMILES string of the molecule is NCC(C1CCCC1)N(CC1CC1)C1CC1. The largest absolute Gasteiger partial charge is 0.329 e. The number of rotatable bonds is 6. The van der Waals surface area contributed by atoms with Crippen molar-refractivity contribution in [3.8, 4) is 0 Å². The second-order valence-electron chi connectivity index (χ2n) is 6.22. The third-order valence-corrected chi connectivity index (χ3v) is 4.79. The van der Waals surface area contributed by atoms with Crippen molar-refractivity contribution in [1.29, 1.82) is 0 Å². The van der Waals surface area contributed by atoms with E-state index in [0.29, 0.717) is 0 Å². The van der Waals surface area contributed by atoms with Gasteiger partial charge < -0.3 is 5.73 Å². The molecule has 92 valence electrons. The summed E-state index contributed by atoms with van der Waals surface area (Å²) < 4.78 is 0. The van der Waals surface area contributed by atoms with Gasteiger partial charge in [0.1, 0.15) is 0 Å². The molecular weight excluding hydrogens is 196 g/mol. The quantitative estimate of drug-likeness (QED) is 0.747. The molecule has 3 aliphatic rings. The van der Waals surface area contributed by atoms with E-state index >= 15 is 0 Å². The summed E-state index contributed by atoms with van der Waals surface area (Å²) in [6.07, 6.45) is 11.6. The molecule has 0 heterocycles. The fourth-order valence-corrected chi connectivity index (χ4v) is 3.50. The van der Waals surface area contributed by atoms with E-state index in [1.807, 2.05) is 0 Å². The molecule has 0 amide bonds. The summed E-state index contributed by atoms with van der Waals surface area (Å²) in [6.45, 7) is 2.26. The first-order valence-electron chi connectivity index (χ1n) is 7.34. The zero-order chi connectivity index (χ0) is 11.0. The first-order valence-corrected chi connectivity index (χ1v) is 7.34. The van der Waals surface area contributed by atoms with Crippen LogP contribution in [0.2, 0.25) is 0 Å². The first-order chi connectivity index (χ1) is 7.88. The fraction of sp³-hybridized carbons (Fsp3) is 1.00. The third-order valence-electron chi connectivity index (χ3n) is 4.79. The van der Waals surface area contributed by atoms with Gasteiger partial charge in [0.25, 0.3) is 0 Å². The van der Waals surface area contributed by atoms with Gasteiger partial charge in [0.2, 0.25) is 0 Å². The first kappa shape index (κ1) is 11.0. The maximum atomic E-state index is 6.07. The van der Waals surface area contributed by atoms with Gasteiger partial charge in [0.05, 0.1) is 0 Å². The number of hydrogen-bond donors (Lipinski definition) is 1. The van der Waals surface area contributed by atoms with Crippen LogP contribution in [0.5, 0.6) is 0 Å². The average Bonchev–Trinajstić information content (AvgIpc) is 3.20. The molecule has 3 rings (SSSR count). The Balaban J connectivity index is 1.63. The van der Waals surface area contributed by atoms with Crippen molar-refractivity contribution in [2.45, 2.75) is 63.5 Å². The Labute approximate surface area is 99.6 Å². The minimum absolute atomic E-state index is 0.718.